The summed E-state index contributed by atoms with van der Waals surface area (Å²) in [6, 6.07) is 11.1. The molecule has 0 unspecified atom stereocenters. The maximum atomic E-state index is 12.5. The third-order valence-corrected chi connectivity index (χ3v) is 3.45. The number of ketones is 1. The van der Waals surface area contributed by atoms with Gasteiger partial charge >= 0.3 is 0 Å². The topological polar surface area (TPSA) is 43.1 Å². The molecule has 0 amide bonds. The fourth-order valence-electron chi connectivity index (χ4n) is 2.15. The van der Waals surface area contributed by atoms with Crippen LogP contribution < -0.4 is 5.73 Å². The van der Waals surface area contributed by atoms with Gasteiger partial charge in [-0.25, -0.2) is 0 Å². The van der Waals surface area contributed by atoms with Gasteiger partial charge in [-0.2, -0.15) is 0 Å². The van der Waals surface area contributed by atoms with Gasteiger partial charge in [0.25, 0.3) is 0 Å². The molecule has 0 aliphatic carbocycles. The summed E-state index contributed by atoms with van der Waals surface area (Å²) >= 11 is 0. The molecule has 0 fully saturated rings. The second kappa shape index (κ2) is 4.65. The van der Waals surface area contributed by atoms with Crippen LogP contribution >= 0.6 is 0 Å². The number of carbonyl (C=O) groups excluding carboxylic acids is 1. The monoisotopic (exact) mass is 239 g/mol. The number of carbonyl (C=O) groups is 1. The van der Waals surface area contributed by atoms with Gasteiger partial charge in [-0.1, -0.05) is 30.3 Å². The van der Waals surface area contributed by atoms with Crippen LogP contribution in [-0.4, -0.2) is 5.78 Å². The first kappa shape index (κ1) is 12.4. The van der Waals surface area contributed by atoms with Crippen molar-refractivity contribution in [3.63, 3.8) is 0 Å². The van der Waals surface area contributed by atoms with Gasteiger partial charge in [0.1, 0.15) is 0 Å². The molecule has 0 atom stereocenters. The molecule has 2 aromatic carbocycles. The zero-order valence-corrected chi connectivity index (χ0v) is 10.9. The van der Waals surface area contributed by atoms with Crippen molar-refractivity contribution >= 4 is 11.5 Å². The molecule has 2 heteroatoms. The third kappa shape index (κ3) is 2.02. The highest BCUT2D eigenvalue weighted by Crippen LogP contribution is 2.26. The minimum Gasteiger partial charge on any atom is -0.398 e. The van der Waals surface area contributed by atoms with E-state index >= 15 is 0 Å². The van der Waals surface area contributed by atoms with Crippen LogP contribution in [0.25, 0.3) is 0 Å². The standard InChI is InChI=1S/C16H17NO/c1-10-9-14(17)15(12(3)11(10)2)16(18)13-7-5-4-6-8-13/h4-9H,17H2,1-3H3. The lowest BCUT2D eigenvalue weighted by Crippen LogP contribution is -2.09. The van der Waals surface area contributed by atoms with Crippen LogP contribution in [0.15, 0.2) is 36.4 Å². The predicted molar refractivity (Wildman–Crippen MR) is 74.9 cm³/mol. The van der Waals surface area contributed by atoms with E-state index in [-0.39, 0.29) is 5.78 Å². The first-order valence-electron chi connectivity index (χ1n) is 5.98. The number of aryl methyl sites for hydroxylation is 1. The maximum absolute atomic E-state index is 12.5. The molecule has 2 rings (SSSR count). The summed E-state index contributed by atoms with van der Waals surface area (Å²) in [5.74, 6) is -0.00583. The minimum atomic E-state index is -0.00583. The molecule has 2 N–H and O–H groups in total. The van der Waals surface area contributed by atoms with Crippen molar-refractivity contribution in [2.45, 2.75) is 20.8 Å². The van der Waals surface area contributed by atoms with Crippen LogP contribution in [0.2, 0.25) is 0 Å². The number of hydrogen-bond acceptors (Lipinski definition) is 2. The molecule has 0 radical (unpaired) electrons. The molecule has 0 aliphatic rings. The van der Waals surface area contributed by atoms with Gasteiger partial charge in [-0.15, -0.1) is 0 Å². The smallest absolute Gasteiger partial charge is 0.195 e. The first-order valence-corrected chi connectivity index (χ1v) is 5.98. The van der Waals surface area contributed by atoms with Crippen LogP contribution in [0.4, 0.5) is 5.69 Å². The highest BCUT2D eigenvalue weighted by atomic mass is 16.1. The molecule has 0 saturated heterocycles. The Bertz CT molecular complexity index is 600. The molecule has 0 spiro atoms. The van der Waals surface area contributed by atoms with Crippen LogP contribution in [-0.2, 0) is 0 Å². The Kier molecular flexibility index (Phi) is 3.19. The Hall–Kier alpha value is -2.09. The molecule has 0 heterocycles. The quantitative estimate of drug-likeness (QED) is 0.644. The molecule has 0 aliphatic heterocycles. The van der Waals surface area contributed by atoms with E-state index in [1.165, 1.54) is 0 Å². The van der Waals surface area contributed by atoms with E-state index in [2.05, 4.69) is 0 Å². The van der Waals surface area contributed by atoms with E-state index in [1.54, 1.807) is 0 Å². The van der Waals surface area contributed by atoms with Crippen molar-refractivity contribution in [2.24, 2.45) is 0 Å². The van der Waals surface area contributed by atoms with Gasteiger partial charge in [0.15, 0.2) is 5.78 Å². The number of anilines is 1. The molecule has 0 bridgehead atoms. The fourth-order valence-corrected chi connectivity index (χ4v) is 2.15. The molecule has 0 aromatic heterocycles. The second-order valence-corrected chi connectivity index (χ2v) is 4.60. The van der Waals surface area contributed by atoms with E-state index in [4.69, 9.17) is 5.73 Å². The molecule has 2 aromatic rings. The van der Waals surface area contributed by atoms with Crippen molar-refractivity contribution < 1.29 is 4.79 Å². The lowest BCUT2D eigenvalue weighted by molar-refractivity contribution is 0.103. The van der Waals surface area contributed by atoms with E-state index < -0.39 is 0 Å². The third-order valence-electron chi connectivity index (χ3n) is 3.45. The minimum absolute atomic E-state index is 0.00583. The molecule has 92 valence electrons. The summed E-state index contributed by atoms with van der Waals surface area (Å²) in [5.41, 5.74) is 11.1. The zero-order chi connectivity index (χ0) is 13.3. The fraction of sp³-hybridized carbons (Fsp3) is 0.188. The molecule has 2 nitrogen and oxygen atoms in total. The Balaban J connectivity index is 2.59. The van der Waals surface area contributed by atoms with Crippen LogP contribution in [0.3, 0.4) is 0 Å². The van der Waals surface area contributed by atoms with Crippen molar-refractivity contribution in [1.82, 2.24) is 0 Å². The lowest BCUT2D eigenvalue weighted by atomic mass is 9.92. The predicted octanol–water partition coefficient (Wildman–Crippen LogP) is 3.43. The van der Waals surface area contributed by atoms with Crippen molar-refractivity contribution in [3.8, 4) is 0 Å². The van der Waals surface area contributed by atoms with Crippen molar-refractivity contribution in [3.05, 3.63) is 64.2 Å². The summed E-state index contributed by atoms with van der Waals surface area (Å²) in [7, 11) is 0. The number of rotatable bonds is 2. The van der Waals surface area contributed by atoms with Gasteiger partial charge in [0.2, 0.25) is 0 Å². The molecule has 0 saturated carbocycles. The van der Waals surface area contributed by atoms with Gasteiger partial charge < -0.3 is 5.73 Å². The Labute approximate surface area is 107 Å². The number of hydrogen-bond donors (Lipinski definition) is 1. The molecular weight excluding hydrogens is 222 g/mol. The summed E-state index contributed by atoms with van der Waals surface area (Å²) in [4.78, 5) is 12.5. The summed E-state index contributed by atoms with van der Waals surface area (Å²) in [6.07, 6.45) is 0. The van der Waals surface area contributed by atoms with Gasteiger partial charge in [-0.05, 0) is 43.5 Å². The van der Waals surface area contributed by atoms with E-state index in [0.29, 0.717) is 16.8 Å². The number of benzene rings is 2. The lowest BCUT2D eigenvalue weighted by Gasteiger charge is -2.13. The Morgan fingerprint density at radius 2 is 1.61 bits per heavy atom. The van der Waals surface area contributed by atoms with Crippen molar-refractivity contribution in [2.75, 3.05) is 5.73 Å². The Morgan fingerprint density at radius 3 is 2.22 bits per heavy atom. The van der Waals surface area contributed by atoms with Crippen LogP contribution in [0, 0.1) is 20.8 Å². The summed E-state index contributed by atoms with van der Waals surface area (Å²) in [5, 5.41) is 0. The highest BCUT2D eigenvalue weighted by molar-refractivity contribution is 6.13. The van der Waals surface area contributed by atoms with Crippen LogP contribution in [0.5, 0.6) is 0 Å². The normalized spacial score (nSPS) is 10.4. The van der Waals surface area contributed by atoms with Gasteiger partial charge in [0.05, 0.1) is 0 Å². The number of nitrogens with two attached hydrogens (primary N) is 1. The second-order valence-electron chi connectivity index (χ2n) is 4.60. The SMILES string of the molecule is Cc1cc(N)c(C(=O)c2ccccc2)c(C)c1C. The van der Waals surface area contributed by atoms with Gasteiger partial charge in [0, 0.05) is 16.8 Å². The average Bonchev–Trinajstić information content (AvgIpc) is 2.37. The van der Waals surface area contributed by atoms with Gasteiger partial charge in [-0.3, -0.25) is 4.79 Å². The zero-order valence-electron chi connectivity index (χ0n) is 10.9. The van der Waals surface area contributed by atoms with Crippen LogP contribution in [0.1, 0.15) is 32.6 Å². The molecule has 18 heavy (non-hydrogen) atoms. The highest BCUT2D eigenvalue weighted by Gasteiger charge is 2.17. The van der Waals surface area contributed by atoms with E-state index in [1.807, 2.05) is 57.2 Å². The summed E-state index contributed by atoms with van der Waals surface area (Å²) in [6.45, 7) is 5.98. The van der Waals surface area contributed by atoms with Crippen molar-refractivity contribution in [1.29, 1.82) is 0 Å². The first-order chi connectivity index (χ1) is 8.52. The average molecular weight is 239 g/mol. The van der Waals surface area contributed by atoms with E-state index in [9.17, 15) is 4.79 Å². The number of nitrogen functional groups attached to an aromatic ring is 1. The Morgan fingerprint density at radius 1 is 1.00 bits per heavy atom. The molecular formula is C16H17NO. The summed E-state index contributed by atoms with van der Waals surface area (Å²) < 4.78 is 0. The largest absolute Gasteiger partial charge is 0.398 e. The maximum Gasteiger partial charge on any atom is 0.195 e. The van der Waals surface area contributed by atoms with E-state index in [0.717, 1.165) is 16.7 Å².